The van der Waals surface area contributed by atoms with Crippen LogP contribution in [0.2, 0.25) is 0 Å². The normalized spacial score (nSPS) is 26.0. The lowest BCUT2D eigenvalue weighted by molar-refractivity contribution is 0.229. The van der Waals surface area contributed by atoms with Crippen molar-refractivity contribution in [1.82, 2.24) is 10.2 Å². The van der Waals surface area contributed by atoms with Crippen molar-refractivity contribution < 1.29 is 0 Å². The summed E-state index contributed by atoms with van der Waals surface area (Å²) in [5.74, 6) is 0. The molecule has 0 aromatic rings. The molecule has 0 radical (unpaired) electrons. The Labute approximate surface area is 76.3 Å². The fourth-order valence-corrected chi connectivity index (χ4v) is 1.83. The van der Waals surface area contributed by atoms with E-state index in [0.29, 0.717) is 0 Å². The average Bonchev–Trinajstić information content (AvgIpc) is 2.05. The molecule has 1 unspecified atom stereocenters. The molecule has 2 nitrogen and oxygen atoms in total. The number of likely N-dealkylation sites (N-methyl/N-ethyl adjacent to an activating group) is 1. The number of piperazine rings is 1. The van der Waals surface area contributed by atoms with E-state index in [1.165, 1.54) is 45.3 Å². The Bertz CT molecular complexity index is 114. The minimum Gasteiger partial charge on any atom is -0.311 e. The van der Waals surface area contributed by atoms with E-state index < -0.39 is 0 Å². The van der Waals surface area contributed by atoms with Crippen LogP contribution in [0.25, 0.3) is 0 Å². The van der Waals surface area contributed by atoms with Crippen LogP contribution in [0.4, 0.5) is 0 Å². The van der Waals surface area contributed by atoms with E-state index in [2.05, 4.69) is 24.2 Å². The largest absolute Gasteiger partial charge is 0.311 e. The first kappa shape index (κ1) is 10.0. The summed E-state index contributed by atoms with van der Waals surface area (Å²) >= 11 is 0. The molecule has 0 bridgehead atoms. The third-order valence-corrected chi connectivity index (χ3v) is 2.61. The van der Waals surface area contributed by atoms with Crippen LogP contribution >= 0.6 is 0 Å². The van der Waals surface area contributed by atoms with Gasteiger partial charge in [0.25, 0.3) is 0 Å². The molecule has 0 spiro atoms. The molecule has 1 saturated heterocycles. The van der Waals surface area contributed by atoms with Crippen LogP contribution in [0.1, 0.15) is 32.6 Å². The molecular formula is C10H22N2. The molecule has 1 aliphatic heterocycles. The Morgan fingerprint density at radius 2 is 2.25 bits per heavy atom. The van der Waals surface area contributed by atoms with Gasteiger partial charge in [0.05, 0.1) is 0 Å². The molecule has 72 valence electrons. The van der Waals surface area contributed by atoms with Gasteiger partial charge in [-0.2, -0.15) is 0 Å². The molecular weight excluding hydrogens is 148 g/mol. The van der Waals surface area contributed by atoms with Crippen LogP contribution in [0.3, 0.4) is 0 Å². The van der Waals surface area contributed by atoms with E-state index in [4.69, 9.17) is 0 Å². The average molecular weight is 170 g/mol. The van der Waals surface area contributed by atoms with Crippen molar-refractivity contribution in [3.63, 3.8) is 0 Å². The molecule has 1 rings (SSSR count). The highest BCUT2D eigenvalue weighted by molar-refractivity contribution is 4.76. The third kappa shape index (κ3) is 3.55. The summed E-state index contributed by atoms with van der Waals surface area (Å²) in [5, 5.41) is 3.57. The zero-order valence-corrected chi connectivity index (χ0v) is 8.47. The number of unbranched alkanes of at least 4 members (excludes halogenated alkanes) is 2. The van der Waals surface area contributed by atoms with Gasteiger partial charge in [-0.25, -0.2) is 0 Å². The van der Waals surface area contributed by atoms with Crippen molar-refractivity contribution in [2.24, 2.45) is 0 Å². The molecule has 0 aliphatic carbocycles. The van der Waals surface area contributed by atoms with Gasteiger partial charge in [0.2, 0.25) is 0 Å². The van der Waals surface area contributed by atoms with E-state index in [0.717, 1.165) is 6.04 Å². The second-order valence-corrected chi connectivity index (χ2v) is 3.91. The summed E-state index contributed by atoms with van der Waals surface area (Å²) in [6.45, 7) is 5.89. The van der Waals surface area contributed by atoms with Gasteiger partial charge < -0.3 is 10.2 Å². The van der Waals surface area contributed by atoms with Gasteiger partial charge in [-0.3, -0.25) is 0 Å². The fourth-order valence-electron chi connectivity index (χ4n) is 1.83. The lowest BCUT2D eigenvalue weighted by Crippen LogP contribution is -2.48. The Hall–Kier alpha value is -0.0800. The van der Waals surface area contributed by atoms with Crippen molar-refractivity contribution in [3.05, 3.63) is 0 Å². The Kier molecular flexibility index (Phi) is 4.62. The number of hydrogen-bond donors (Lipinski definition) is 1. The third-order valence-electron chi connectivity index (χ3n) is 2.61. The molecule has 0 amide bonds. The molecule has 2 heteroatoms. The van der Waals surface area contributed by atoms with E-state index >= 15 is 0 Å². The molecule has 1 aliphatic rings. The van der Waals surface area contributed by atoms with E-state index in [9.17, 15) is 0 Å². The van der Waals surface area contributed by atoms with E-state index in [1.807, 2.05) is 0 Å². The van der Waals surface area contributed by atoms with Gasteiger partial charge in [0.15, 0.2) is 0 Å². The van der Waals surface area contributed by atoms with Gasteiger partial charge in [-0.1, -0.05) is 26.2 Å². The van der Waals surface area contributed by atoms with Crippen LogP contribution in [0.5, 0.6) is 0 Å². The summed E-state index contributed by atoms with van der Waals surface area (Å²) < 4.78 is 0. The molecule has 0 saturated carbocycles. The topological polar surface area (TPSA) is 15.3 Å². The highest BCUT2D eigenvalue weighted by Crippen LogP contribution is 2.06. The van der Waals surface area contributed by atoms with Crippen molar-refractivity contribution in [2.45, 2.75) is 38.6 Å². The van der Waals surface area contributed by atoms with Crippen LogP contribution < -0.4 is 5.32 Å². The highest BCUT2D eigenvalue weighted by Gasteiger charge is 2.14. The summed E-state index contributed by atoms with van der Waals surface area (Å²) in [5.41, 5.74) is 0. The molecule has 1 heterocycles. The van der Waals surface area contributed by atoms with Gasteiger partial charge in [0.1, 0.15) is 0 Å². The zero-order chi connectivity index (χ0) is 8.81. The SMILES string of the molecule is CCCCCC1CN(C)CCN1. The minimum absolute atomic E-state index is 0.760. The molecule has 1 atom stereocenters. The van der Waals surface area contributed by atoms with E-state index in [-0.39, 0.29) is 0 Å². The Morgan fingerprint density at radius 1 is 1.42 bits per heavy atom. The summed E-state index contributed by atoms with van der Waals surface area (Å²) in [6, 6.07) is 0.760. The zero-order valence-electron chi connectivity index (χ0n) is 8.47. The number of nitrogens with zero attached hydrogens (tertiary/aromatic N) is 1. The summed E-state index contributed by atoms with van der Waals surface area (Å²) in [6.07, 6.45) is 5.48. The van der Waals surface area contributed by atoms with Gasteiger partial charge >= 0.3 is 0 Å². The standard InChI is InChI=1S/C10H22N2/c1-3-4-5-6-10-9-12(2)8-7-11-10/h10-11H,3-9H2,1-2H3. The van der Waals surface area contributed by atoms with Gasteiger partial charge in [-0.05, 0) is 13.5 Å². The first-order valence-electron chi connectivity index (χ1n) is 5.25. The first-order valence-corrected chi connectivity index (χ1v) is 5.25. The van der Waals surface area contributed by atoms with Crippen molar-refractivity contribution >= 4 is 0 Å². The maximum absolute atomic E-state index is 3.57. The highest BCUT2D eigenvalue weighted by atomic mass is 15.2. The molecule has 0 aromatic heterocycles. The van der Waals surface area contributed by atoms with Crippen LogP contribution in [0.15, 0.2) is 0 Å². The molecule has 1 N–H and O–H groups in total. The maximum Gasteiger partial charge on any atom is 0.0195 e. The predicted molar refractivity (Wildman–Crippen MR) is 53.4 cm³/mol. The summed E-state index contributed by atoms with van der Waals surface area (Å²) in [4.78, 5) is 2.42. The monoisotopic (exact) mass is 170 g/mol. The number of rotatable bonds is 4. The van der Waals surface area contributed by atoms with Crippen molar-refractivity contribution in [2.75, 3.05) is 26.7 Å². The second-order valence-electron chi connectivity index (χ2n) is 3.91. The lowest BCUT2D eigenvalue weighted by Gasteiger charge is -2.30. The molecule has 0 aromatic carbocycles. The molecule has 12 heavy (non-hydrogen) atoms. The second kappa shape index (κ2) is 5.55. The number of hydrogen-bond acceptors (Lipinski definition) is 2. The Morgan fingerprint density at radius 3 is 2.92 bits per heavy atom. The Balaban J connectivity index is 2.06. The van der Waals surface area contributed by atoms with Crippen LogP contribution in [-0.2, 0) is 0 Å². The quantitative estimate of drug-likeness (QED) is 0.643. The van der Waals surface area contributed by atoms with Crippen LogP contribution in [0, 0.1) is 0 Å². The summed E-state index contributed by atoms with van der Waals surface area (Å²) in [7, 11) is 2.22. The van der Waals surface area contributed by atoms with Gasteiger partial charge in [-0.15, -0.1) is 0 Å². The van der Waals surface area contributed by atoms with Crippen molar-refractivity contribution in [3.8, 4) is 0 Å². The lowest BCUT2D eigenvalue weighted by atomic mass is 10.1. The first-order chi connectivity index (χ1) is 5.83. The van der Waals surface area contributed by atoms with Crippen molar-refractivity contribution in [1.29, 1.82) is 0 Å². The van der Waals surface area contributed by atoms with E-state index in [1.54, 1.807) is 0 Å². The predicted octanol–water partition coefficient (Wildman–Crippen LogP) is 1.47. The van der Waals surface area contributed by atoms with Crippen LogP contribution in [-0.4, -0.2) is 37.6 Å². The minimum atomic E-state index is 0.760. The smallest absolute Gasteiger partial charge is 0.0195 e. The fraction of sp³-hybridized carbons (Fsp3) is 1.00. The van der Waals surface area contributed by atoms with Gasteiger partial charge in [0, 0.05) is 25.7 Å². The number of nitrogens with one attached hydrogen (secondary N) is 1. The maximum atomic E-state index is 3.57. The molecule has 1 fully saturated rings.